The average Bonchev–Trinajstić information content (AvgIpc) is 2.66. The Labute approximate surface area is 161 Å². The Balaban J connectivity index is 1.84. The van der Waals surface area contributed by atoms with E-state index in [0.29, 0.717) is 30.7 Å². The summed E-state index contributed by atoms with van der Waals surface area (Å²) in [5.74, 6) is 0.217. The second kappa shape index (κ2) is 7.27. The quantitative estimate of drug-likeness (QED) is 0.676. The molecule has 1 aromatic rings. The molecule has 0 atom stereocenters. The van der Waals surface area contributed by atoms with Crippen LogP contribution in [0.3, 0.4) is 0 Å². The van der Waals surface area contributed by atoms with Gasteiger partial charge in [-0.3, -0.25) is 4.79 Å². The smallest absolute Gasteiger partial charge is 0.347 e. The van der Waals surface area contributed by atoms with Crippen LogP contribution in [0.15, 0.2) is 18.2 Å². The van der Waals surface area contributed by atoms with Crippen molar-refractivity contribution in [2.45, 2.75) is 57.2 Å². The van der Waals surface area contributed by atoms with Gasteiger partial charge in [0, 0.05) is 11.3 Å². The number of amides is 1. The van der Waals surface area contributed by atoms with Crippen molar-refractivity contribution in [2.75, 3.05) is 10.5 Å². The van der Waals surface area contributed by atoms with Crippen LogP contribution in [-0.2, 0) is 6.18 Å². The second-order valence-corrected chi connectivity index (χ2v) is 8.49. The van der Waals surface area contributed by atoms with Gasteiger partial charge in [-0.05, 0) is 56.7 Å². The van der Waals surface area contributed by atoms with Crippen molar-refractivity contribution < 1.29 is 18.0 Å². The zero-order valence-corrected chi connectivity index (χ0v) is 15.9. The van der Waals surface area contributed by atoms with E-state index in [0.717, 1.165) is 31.4 Å². The number of anilines is 1. The van der Waals surface area contributed by atoms with Gasteiger partial charge >= 0.3 is 6.18 Å². The molecule has 3 saturated carbocycles. The number of benzene rings is 1. The zero-order chi connectivity index (χ0) is 19.7. The first-order valence-corrected chi connectivity index (χ1v) is 10.0. The number of alkyl halides is 3. The summed E-state index contributed by atoms with van der Waals surface area (Å²) in [5.41, 5.74) is -1.16. The standard InChI is InChI=1S/C19H22F3N3OS/c1-2-27-25-15-4-3-13(19(20,21)22)11-14(15)16(26)24-18-8-5-17(12-23,6-9-18)7-10-18/h3-4,11,25H,2,5-10H2,1H3,(H,24,26). The van der Waals surface area contributed by atoms with Gasteiger partial charge in [0.1, 0.15) is 0 Å². The van der Waals surface area contributed by atoms with Crippen LogP contribution >= 0.6 is 11.9 Å². The van der Waals surface area contributed by atoms with Gasteiger partial charge in [-0.15, -0.1) is 0 Å². The third-order valence-corrected chi connectivity index (χ3v) is 6.43. The van der Waals surface area contributed by atoms with Gasteiger partial charge in [-0.1, -0.05) is 18.9 Å². The van der Waals surface area contributed by atoms with Crippen molar-refractivity contribution in [2.24, 2.45) is 5.41 Å². The van der Waals surface area contributed by atoms with E-state index in [2.05, 4.69) is 16.1 Å². The van der Waals surface area contributed by atoms with E-state index in [9.17, 15) is 23.2 Å². The molecule has 4 rings (SSSR count). The van der Waals surface area contributed by atoms with Crippen LogP contribution in [0.4, 0.5) is 18.9 Å². The van der Waals surface area contributed by atoms with E-state index < -0.39 is 23.2 Å². The number of carbonyl (C=O) groups is 1. The molecule has 3 aliphatic carbocycles. The molecule has 1 aromatic carbocycles. The number of nitriles is 1. The number of fused-ring (bicyclic) bond motifs is 3. The van der Waals surface area contributed by atoms with E-state index in [-0.39, 0.29) is 11.0 Å². The first-order chi connectivity index (χ1) is 12.7. The molecule has 8 heteroatoms. The molecule has 0 saturated heterocycles. The fourth-order valence-corrected chi connectivity index (χ4v) is 4.47. The number of nitrogens with zero attached hydrogens (tertiary/aromatic N) is 1. The summed E-state index contributed by atoms with van der Waals surface area (Å²) in [5, 5.41) is 12.4. The number of hydrogen-bond donors (Lipinski definition) is 2. The Morgan fingerprint density at radius 3 is 2.37 bits per heavy atom. The van der Waals surface area contributed by atoms with Gasteiger partial charge < -0.3 is 10.0 Å². The Morgan fingerprint density at radius 1 is 1.22 bits per heavy atom. The van der Waals surface area contributed by atoms with Gasteiger partial charge in [-0.2, -0.15) is 18.4 Å². The Bertz CT molecular complexity index is 748. The third kappa shape index (κ3) is 4.03. The summed E-state index contributed by atoms with van der Waals surface area (Å²) in [6.07, 6.45) is -0.255. The highest BCUT2D eigenvalue weighted by molar-refractivity contribution is 8.00. The Hall–Kier alpha value is -1.88. The molecule has 4 nitrogen and oxygen atoms in total. The van der Waals surface area contributed by atoms with Crippen LogP contribution in [-0.4, -0.2) is 17.2 Å². The van der Waals surface area contributed by atoms with Crippen molar-refractivity contribution in [3.63, 3.8) is 0 Å². The maximum absolute atomic E-state index is 13.1. The van der Waals surface area contributed by atoms with Crippen molar-refractivity contribution >= 4 is 23.5 Å². The first kappa shape index (κ1) is 19.9. The molecule has 3 aliphatic rings. The summed E-state index contributed by atoms with van der Waals surface area (Å²) < 4.78 is 42.3. The fraction of sp³-hybridized carbons (Fsp3) is 0.579. The van der Waals surface area contributed by atoms with Gasteiger partial charge in [0.25, 0.3) is 5.91 Å². The summed E-state index contributed by atoms with van der Waals surface area (Å²) >= 11 is 1.32. The molecule has 146 valence electrons. The number of rotatable bonds is 5. The first-order valence-electron chi connectivity index (χ1n) is 9.05. The zero-order valence-electron chi connectivity index (χ0n) is 15.1. The minimum absolute atomic E-state index is 0.00263. The largest absolute Gasteiger partial charge is 0.416 e. The maximum Gasteiger partial charge on any atom is 0.416 e. The van der Waals surface area contributed by atoms with E-state index >= 15 is 0 Å². The molecule has 0 heterocycles. The molecule has 0 spiro atoms. The van der Waals surface area contributed by atoms with Crippen LogP contribution in [0.5, 0.6) is 0 Å². The van der Waals surface area contributed by atoms with Crippen molar-refractivity contribution in [3.05, 3.63) is 29.3 Å². The molecule has 2 N–H and O–H groups in total. The lowest BCUT2D eigenvalue weighted by molar-refractivity contribution is -0.137. The lowest BCUT2D eigenvalue weighted by Gasteiger charge is -2.50. The Morgan fingerprint density at radius 2 is 1.85 bits per heavy atom. The van der Waals surface area contributed by atoms with Crippen molar-refractivity contribution in [3.8, 4) is 6.07 Å². The molecule has 27 heavy (non-hydrogen) atoms. The predicted molar refractivity (Wildman–Crippen MR) is 99.1 cm³/mol. The van der Waals surface area contributed by atoms with Gasteiger partial charge in [0.2, 0.25) is 0 Å². The van der Waals surface area contributed by atoms with Crippen LogP contribution in [0.25, 0.3) is 0 Å². The predicted octanol–water partition coefficient (Wildman–Crippen LogP) is 5.13. The Kier molecular flexibility index (Phi) is 5.35. The topological polar surface area (TPSA) is 64.9 Å². The minimum atomic E-state index is -4.51. The lowest BCUT2D eigenvalue weighted by Crippen LogP contribution is -2.56. The molecule has 1 amide bonds. The molecular weight excluding hydrogens is 375 g/mol. The molecule has 0 unspecified atom stereocenters. The van der Waals surface area contributed by atoms with Crippen LogP contribution in [0.1, 0.15) is 61.4 Å². The second-order valence-electron chi connectivity index (χ2n) is 7.42. The normalized spacial score (nSPS) is 27.1. The lowest BCUT2D eigenvalue weighted by atomic mass is 9.58. The molecule has 0 aliphatic heterocycles. The molecular formula is C19H22F3N3OS. The highest BCUT2D eigenvalue weighted by atomic mass is 32.2. The molecule has 0 aromatic heterocycles. The van der Waals surface area contributed by atoms with Gasteiger partial charge in [0.15, 0.2) is 0 Å². The highest BCUT2D eigenvalue weighted by Gasteiger charge is 2.49. The third-order valence-electron chi connectivity index (χ3n) is 5.78. The number of halogens is 3. The maximum atomic E-state index is 13.1. The summed E-state index contributed by atoms with van der Waals surface area (Å²) in [6.45, 7) is 1.91. The molecule has 3 fully saturated rings. The monoisotopic (exact) mass is 397 g/mol. The fourth-order valence-electron chi connectivity index (χ4n) is 4.00. The van der Waals surface area contributed by atoms with E-state index in [4.69, 9.17) is 0 Å². The van der Waals surface area contributed by atoms with Crippen LogP contribution in [0, 0.1) is 16.7 Å². The van der Waals surface area contributed by atoms with E-state index in [1.165, 1.54) is 18.0 Å². The average molecular weight is 397 g/mol. The SMILES string of the molecule is CCSNc1ccc(C(F)(F)F)cc1C(=O)NC12CCC(C#N)(CC1)CC2. The number of hydrogen-bond acceptors (Lipinski definition) is 4. The summed E-state index contributed by atoms with van der Waals surface area (Å²) in [6, 6.07) is 5.61. The molecule has 0 radical (unpaired) electrons. The number of carbonyl (C=O) groups excluding carboxylic acids is 1. The van der Waals surface area contributed by atoms with Gasteiger partial charge in [0.05, 0.1) is 28.3 Å². The van der Waals surface area contributed by atoms with E-state index in [1.54, 1.807) is 0 Å². The highest BCUT2D eigenvalue weighted by Crippen LogP contribution is 2.52. The number of nitrogens with one attached hydrogen (secondary N) is 2. The minimum Gasteiger partial charge on any atom is -0.347 e. The van der Waals surface area contributed by atoms with E-state index in [1.807, 2.05) is 6.92 Å². The van der Waals surface area contributed by atoms with Crippen LogP contribution < -0.4 is 10.0 Å². The molecule has 2 bridgehead atoms. The van der Waals surface area contributed by atoms with Crippen LogP contribution in [0.2, 0.25) is 0 Å². The van der Waals surface area contributed by atoms with Gasteiger partial charge in [-0.25, -0.2) is 0 Å². The summed E-state index contributed by atoms with van der Waals surface area (Å²) in [7, 11) is 0. The summed E-state index contributed by atoms with van der Waals surface area (Å²) in [4.78, 5) is 12.9. The van der Waals surface area contributed by atoms with Crippen molar-refractivity contribution in [1.29, 1.82) is 5.26 Å². The van der Waals surface area contributed by atoms with Crippen molar-refractivity contribution in [1.82, 2.24) is 5.32 Å².